The Morgan fingerprint density at radius 3 is 2.55 bits per heavy atom. The van der Waals surface area contributed by atoms with Gasteiger partial charge in [-0.3, -0.25) is 0 Å². The molecular formula is C38H46N4O5. The van der Waals surface area contributed by atoms with Gasteiger partial charge in [-0.2, -0.15) is 9.61 Å². The summed E-state index contributed by atoms with van der Waals surface area (Å²) in [4.78, 5) is 19.9. The molecule has 9 heteroatoms. The standard InChI is InChI=1S/C38H46N4O5/c1-24-14-15-31-29(21-24)27-12-10-13-28(22-27)30-23-32-39-26(3)33(34(36(43)44)47-37(4,5)6)35(42(32)40-30)41-18-16-38(7,17-19-41)45-20-9-8-11-25(2)46-31/h9-10,12-15,20-23,25,34H,8,11,16-19H2,1-7H3,(H,43,44)/b20-9-/t25-,34-/m0/s1. The number of aryl methyl sites for hydroxylation is 2. The summed E-state index contributed by atoms with van der Waals surface area (Å²) in [5, 5.41) is 15.6. The number of aliphatic carboxylic acids is 1. The van der Waals surface area contributed by atoms with Crippen LogP contribution < -0.4 is 9.64 Å². The van der Waals surface area contributed by atoms with Gasteiger partial charge in [0.25, 0.3) is 0 Å². The fourth-order valence-corrected chi connectivity index (χ4v) is 6.47. The van der Waals surface area contributed by atoms with Gasteiger partial charge in [0.1, 0.15) is 17.2 Å². The van der Waals surface area contributed by atoms with Crippen molar-refractivity contribution in [2.45, 2.75) is 97.6 Å². The molecule has 0 amide bonds. The minimum atomic E-state index is -1.22. The average Bonchev–Trinajstić information content (AvgIpc) is 3.43. The number of carbonyl (C=O) groups is 1. The second-order valence-corrected chi connectivity index (χ2v) is 14.2. The molecule has 6 bridgehead atoms. The van der Waals surface area contributed by atoms with Crippen LogP contribution in [0.3, 0.4) is 0 Å². The van der Waals surface area contributed by atoms with Gasteiger partial charge >= 0.3 is 5.97 Å². The largest absolute Gasteiger partial charge is 0.495 e. The first-order valence-electron chi connectivity index (χ1n) is 16.6. The highest BCUT2D eigenvalue weighted by Gasteiger charge is 2.38. The average molecular weight is 639 g/mol. The van der Waals surface area contributed by atoms with Gasteiger partial charge in [0, 0.05) is 48.8 Å². The molecule has 0 spiro atoms. The van der Waals surface area contributed by atoms with Gasteiger partial charge in [0.2, 0.25) is 0 Å². The van der Waals surface area contributed by atoms with Crippen LogP contribution in [0.1, 0.15) is 83.2 Å². The molecule has 3 aliphatic rings. The third-order valence-corrected chi connectivity index (χ3v) is 9.00. The Balaban J connectivity index is 1.55. The van der Waals surface area contributed by atoms with E-state index >= 15 is 0 Å². The van der Waals surface area contributed by atoms with Gasteiger partial charge in [-0.05, 0) is 91.1 Å². The summed E-state index contributed by atoms with van der Waals surface area (Å²) in [7, 11) is 0. The number of anilines is 1. The van der Waals surface area contributed by atoms with Gasteiger partial charge in [0.05, 0.1) is 29.2 Å². The van der Waals surface area contributed by atoms with Crippen molar-refractivity contribution in [3.63, 3.8) is 0 Å². The van der Waals surface area contributed by atoms with E-state index in [1.54, 1.807) is 4.52 Å². The van der Waals surface area contributed by atoms with Crippen LogP contribution >= 0.6 is 0 Å². The Morgan fingerprint density at radius 2 is 1.83 bits per heavy atom. The predicted octanol–water partition coefficient (Wildman–Crippen LogP) is 8.07. The molecule has 2 aromatic heterocycles. The summed E-state index contributed by atoms with van der Waals surface area (Å²) in [6.45, 7) is 15.1. The fraction of sp³-hybridized carbons (Fsp3) is 0.447. The molecule has 47 heavy (non-hydrogen) atoms. The van der Waals surface area contributed by atoms with Crippen molar-refractivity contribution < 1.29 is 24.1 Å². The topological polar surface area (TPSA) is 98.4 Å². The van der Waals surface area contributed by atoms with E-state index in [1.165, 1.54) is 0 Å². The quantitative estimate of drug-likeness (QED) is 0.241. The van der Waals surface area contributed by atoms with Crippen molar-refractivity contribution in [1.82, 2.24) is 14.6 Å². The monoisotopic (exact) mass is 638 g/mol. The Morgan fingerprint density at radius 1 is 1.09 bits per heavy atom. The lowest BCUT2D eigenvalue weighted by Crippen LogP contribution is -2.45. The second kappa shape index (κ2) is 12.7. The molecule has 0 aliphatic carbocycles. The van der Waals surface area contributed by atoms with Crippen molar-refractivity contribution in [2.75, 3.05) is 18.0 Å². The van der Waals surface area contributed by atoms with Gasteiger partial charge < -0.3 is 24.2 Å². The number of rotatable bonds is 3. The number of benzene rings is 2. The van der Waals surface area contributed by atoms with Gasteiger partial charge in [0.15, 0.2) is 11.8 Å². The van der Waals surface area contributed by atoms with Crippen molar-refractivity contribution >= 4 is 17.4 Å². The summed E-state index contributed by atoms with van der Waals surface area (Å²) >= 11 is 0. The number of aromatic nitrogens is 3. The van der Waals surface area contributed by atoms with E-state index in [0.717, 1.165) is 59.4 Å². The van der Waals surface area contributed by atoms with Crippen LogP contribution in [0.4, 0.5) is 5.82 Å². The Bertz CT molecular complexity index is 1810. The summed E-state index contributed by atoms with van der Waals surface area (Å²) in [6.07, 6.45) is 5.91. The van der Waals surface area contributed by atoms with E-state index in [9.17, 15) is 9.90 Å². The van der Waals surface area contributed by atoms with Crippen molar-refractivity contribution in [3.05, 3.63) is 77.7 Å². The van der Waals surface area contributed by atoms with Crippen LogP contribution in [0.5, 0.6) is 5.75 Å². The van der Waals surface area contributed by atoms with Crippen LogP contribution in [0.15, 0.2) is 60.9 Å². The Hall–Kier alpha value is -4.37. The SMILES string of the molecule is Cc1ccc2c(c1)-c1cccc(c1)-c1cc3nc(C)c([C@H](OC(C)(C)C)C(=O)O)c(n3n1)N1CCC(C)(CC1)O/C=C\CC[C@H](C)O2. The molecule has 1 saturated heterocycles. The fourth-order valence-electron chi connectivity index (χ4n) is 6.47. The van der Waals surface area contributed by atoms with Gasteiger partial charge in [-0.1, -0.05) is 29.8 Å². The minimum Gasteiger partial charge on any atom is -0.495 e. The number of carboxylic acid groups (broad SMARTS) is 1. The molecule has 1 N–H and O–H groups in total. The molecule has 1 fully saturated rings. The Labute approximate surface area is 277 Å². The number of allylic oxidation sites excluding steroid dienone is 1. The number of hydrogen-bond donors (Lipinski definition) is 1. The molecule has 3 aliphatic heterocycles. The van der Waals surface area contributed by atoms with Crippen LogP contribution in [-0.4, -0.2) is 56.1 Å². The highest BCUT2D eigenvalue weighted by Crippen LogP contribution is 2.39. The van der Waals surface area contributed by atoms with Crippen LogP contribution in [0.2, 0.25) is 0 Å². The lowest BCUT2D eigenvalue weighted by Gasteiger charge is -2.41. The van der Waals surface area contributed by atoms with Crippen molar-refractivity contribution in [2.24, 2.45) is 0 Å². The molecule has 0 unspecified atom stereocenters. The lowest BCUT2D eigenvalue weighted by atomic mass is 9.92. The number of fused-ring (bicyclic) bond motifs is 7. The third kappa shape index (κ3) is 7.00. The van der Waals surface area contributed by atoms with Gasteiger partial charge in [-0.15, -0.1) is 0 Å². The van der Waals surface area contributed by atoms with Crippen LogP contribution in [-0.2, 0) is 14.3 Å². The summed E-state index contributed by atoms with van der Waals surface area (Å²) in [5.41, 5.74) is 5.59. The van der Waals surface area contributed by atoms with Crippen LogP contribution in [0, 0.1) is 13.8 Å². The summed E-state index contributed by atoms with van der Waals surface area (Å²) in [6, 6.07) is 16.6. The first-order valence-corrected chi connectivity index (χ1v) is 16.6. The number of ether oxygens (including phenoxy) is 3. The van der Waals surface area contributed by atoms with Crippen molar-refractivity contribution in [3.8, 4) is 28.1 Å². The van der Waals surface area contributed by atoms with E-state index in [0.29, 0.717) is 35.8 Å². The zero-order valence-electron chi connectivity index (χ0n) is 28.5. The number of hydrogen-bond acceptors (Lipinski definition) is 7. The first kappa shape index (κ1) is 32.6. The zero-order valence-corrected chi connectivity index (χ0v) is 28.5. The Kier molecular flexibility index (Phi) is 8.78. The van der Waals surface area contributed by atoms with Gasteiger partial charge in [-0.25, -0.2) is 9.78 Å². The second-order valence-electron chi connectivity index (χ2n) is 14.2. The molecule has 5 heterocycles. The predicted molar refractivity (Wildman–Crippen MR) is 184 cm³/mol. The molecule has 0 radical (unpaired) electrons. The highest BCUT2D eigenvalue weighted by molar-refractivity contribution is 5.80. The molecule has 9 nitrogen and oxygen atoms in total. The maximum absolute atomic E-state index is 12.8. The van der Waals surface area contributed by atoms with E-state index < -0.39 is 17.7 Å². The molecule has 7 rings (SSSR count). The summed E-state index contributed by atoms with van der Waals surface area (Å²) < 4.78 is 20.8. The molecule has 0 saturated carbocycles. The van der Waals surface area contributed by atoms with Crippen molar-refractivity contribution in [1.29, 1.82) is 0 Å². The molecule has 4 aromatic rings. The van der Waals surface area contributed by atoms with Crippen LogP contribution in [0.25, 0.3) is 28.0 Å². The maximum Gasteiger partial charge on any atom is 0.337 e. The maximum atomic E-state index is 12.8. The molecular weight excluding hydrogens is 592 g/mol. The number of nitrogens with zero attached hydrogens (tertiary/aromatic N) is 4. The minimum absolute atomic E-state index is 0.0194. The first-order chi connectivity index (χ1) is 22.3. The molecule has 248 valence electrons. The highest BCUT2D eigenvalue weighted by atomic mass is 16.5. The molecule has 2 atom stereocenters. The summed E-state index contributed by atoms with van der Waals surface area (Å²) in [5.74, 6) is 0.472. The van der Waals surface area contributed by atoms with E-state index in [2.05, 4.69) is 62.1 Å². The number of piperidine rings is 1. The van der Waals surface area contributed by atoms with E-state index in [4.69, 9.17) is 24.3 Å². The third-order valence-electron chi connectivity index (χ3n) is 9.00. The van der Waals surface area contributed by atoms with E-state index in [-0.39, 0.29) is 11.7 Å². The van der Waals surface area contributed by atoms with E-state index in [1.807, 2.05) is 52.2 Å². The zero-order chi connectivity index (χ0) is 33.5. The smallest absolute Gasteiger partial charge is 0.337 e. The molecule has 2 aromatic carbocycles. The lowest BCUT2D eigenvalue weighted by molar-refractivity contribution is -0.160. The number of carboxylic acids is 1. The normalized spacial score (nSPS) is 21.5.